The van der Waals surface area contributed by atoms with Crippen LogP contribution in [0.4, 0.5) is 0 Å². The Kier molecular flexibility index (Phi) is 3.24. The Hall–Kier alpha value is -1.36. The Morgan fingerprint density at radius 2 is 2.43 bits per heavy atom. The molecule has 78 valence electrons. The maximum Gasteiger partial charge on any atom is 0.252 e. The molecular formula is C9H14N2O3. The Labute approximate surface area is 82.4 Å². The van der Waals surface area contributed by atoms with Gasteiger partial charge < -0.3 is 14.6 Å². The Bertz CT molecular complexity index is 293. The van der Waals surface area contributed by atoms with Crippen LogP contribution < -0.4 is 5.32 Å². The number of aromatic nitrogens is 1. The zero-order valence-electron chi connectivity index (χ0n) is 8.53. The number of hydrogen-bond acceptors (Lipinski definition) is 4. The van der Waals surface area contributed by atoms with Gasteiger partial charge in [-0.3, -0.25) is 4.79 Å². The summed E-state index contributed by atoms with van der Waals surface area (Å²) in [6.45, 7) is 3.72. The summed E-state index contributed by atoms with van der Waals surface area (Å²) in [6, 6.07) is 1.69. The van der Waals surface area contributed by atoms with Crippen molar-refractivity contribution in [3.63, 3.8) is 0 Å². The Morgan fingerprint density at radius 1 is 1.71 bits per heavy atom. The van der Waals surface area contributed by atoms with Gasteiger partial charge in [-0.2, -0.15) is 0 Å². The SMILES string of the molecule is COC(C)(C)C(=O)NCc1ccno1. The number of nitrogens with one attached hydrogen (secondary N) is 1. The molecule has 0 spiro atoms. The molecule has 0 saturated carbocycles. The first-order chi connectivity index (χ1) is 6.56. The highest BCUT2D eigenvalue weighted by Gasteiger charge is 2.26. The van der Waals surface area contributed by atoms with Gasteiger partial charge in [0.1, 0.15) is 5.60 Å². The van der Waals surface area contributed by atoms with Crippen LogP contribution in [0.5, 0.6) is 0 Å². The fraction of sp³-hybridized carbons (Fsp3) is 0.556. The lowest BCUT2D eigenvalue weighted by Crippen LogP contribution is -2.43. The number of carbonyl (C=O) groups is 1. The monoisotopic (exact) mass is 198 g/mol. The van der Waals surface area contributed by atoms with Crippen molar-refractivity contribution in [3.05, 3.63) is 18.0 Å². The number of methoxy groups -OCH3 is 1. The molecule has 5 heteroatoms. The summed E-state index contributed by atoms with van der Waals surface area (Å²) in [5.74, 6) is 0.432. The number of ether oxygens (including phenoxy) is 1. The van der Waals surface area contributed by atoms with Crippen molar-refractivity contribution in [2.45, 2.75) is 26.0 Å². The molecule has 5 nitrogen and oxygen atoms in total. The molecule has 1 heterocycles. The highest BCUT2D eigenvalue weighted by molar-refractivity contribution is 5.84. The number of rotatable bonds is 4. The standard InChI is InChI=1S/C9H14N2O3/c1-9(2,13-3)8(12)10-6-7-4-5-11-14-7/h4-5H,6H2,1-3H3,(H,10,12). The summed E-state index contributed by atoms with van der Waals surface area (Å²) < 4.78 is 9.84. The normalized spacial score (nSPS) is 11.4. The van der Waals surface area contributed by atoms with Crippen LogP contribution in [-0.2, 0) is 16.1 Å². The second-order valence-electron chi connectivity index (χ2n) is 3.38. The minimum atomic E-state index is -0.819. The quantitative estimate of drug-likeness (QED) is 0.774. The van der Waals surface area contributed by atoms with Gasteiger partial charge in [0.15, 0.2) is 5.76 Å². The minimum absolute atomic E-state index is 0.184. The number of nitrogens with zero attached hydrogens (tertiary/aromatic N) is 1. The van der Waals surface area contributed by atoms with Crippen LogP contribution in [0.15, 0.2) is 16.8 Å². The molecule has 0 saturated heterocycles. The number of hydrogen-bond donors (Lipinski definition) is 1. The van der Waals surface area contributed by atoms with Crippen molar-refractivity contribution in [2.24, 2.45) is 0 Å². The largest absolute Gasteiger partial charge is 0.369 e. The van der Waals surface area contributed by atoms with Gasteiger partial charge in [0.25, 0.3) is 5.91 Å². The molecule has 0 unspecified atom stereocenters. The van der Waals surface area contributed by atoms with Gasteiger partial charge in [0.05, 0.1) is 12.7 Å². The van der Waals surface area contributed by atoms with Crippen LogP contribution in [-0.4, -0.2) is 23.8 Å². The summed E-state index contributed by atoms with van der Waals surface area (Å²) in [5.41, 5.74) is -0.819. The van der Waals surface area contributed by atoms with E-state index in [0.717, 1.165) is 0 Å². The zero-order chi connectivity index (χ0) is 10.6. The van der Waals surface area contributed by atoms with Gasteiger partial charge in [-0.05, 0) is 13.8 Å². The van der Waals surface area contributed by atoms with Gasteiger partial charge in [-0.1, -0.05) is 5.16 Å². The van der Waals surface area contributed by atoms with Crippen molar-refractivity contribution < 1.29 is 14.1 Å². The second-order valence-corrected chi connectivity index (χ2v) is 3.38. The fourth-order valence-electron chi connectivity index (χ4n) is 0.806. The average molecular weight is 198 g/mol. The summed E-state index contributed by atoms with van der Waals surface area (Å²) in [6.07, 6.45) is 1.53. The third kappa shape index (κ3) is 2.56. The Morgan fingerprint density at radius 3 is 2.93 bits per heavy atom. The van der Waals surface area contributed by atoms with E-state index in [1.165, 1.54) is 13.3 Å². The predicted molar refractivity (Wildman–Crippen MR) is 49.4 cm³/mol. The summed E-state index contributed by atoms with van der Waals surface area (Å²) in [7, 11) is 1.49. The van der Waals surface area contributed by atoms with Gasteiger partial charge in [0.2, 0.25) is 0 Å². The lowest BCUT2D eigenvalue weighted by molar-refractivity contribution is -0.139. The van der Waals surface area contributed by atoms with Crippen LogP contribution in [0, 0.1) is 0 Å². The summed E-state index contributed by atoms with van der Waals surface area (Å²) in [4.78, 5) is 11.5. The molecule has 14 heavy (non-hydrogen) atoms. The fourth-order valence-corrected chi connectivity index (χ4v) is 0.806. The first kappa shape index (κ1) is 10.7. The van der Waals surface area contributed by atoms with E-state index in [4.69, 9.17) is 9.26 Å². The van der Waals surface area contributed by atoms with Crippen LogP contribution in [0.2, 0.25) is 0 Å². The molecule has 1 aromatic rings. The highest BCUT2D eigenvalue weighted by atomic mass is 16.5. The van der Waals surface area contributed by atoms with E-state index in [0.29, 0.717) is 12.3 Å². The number of amides is 1. The Balaban J connectivity index is 2.43. The van der Waals surface area contributed by atoms with Gasteiger partial charge in [0, 0.05) is 13.2 Å². The van der Waals surface area contributed by atoms with Crippen LogP contribution in [0.1, 0.15) is 19.6 Å². The molecule has 0 radical (unpaired) electrons. The molecule has 0 aliphatic rings. The number of carbonyl (C=O) groups excluding carboxylic acids is 1. The molecule has 0 fully saturated rings. The summed E-state index contributed by atoms with van der Waals surface area (Å²) in [5, 5.41) is 6.20. The predicted octanol–water partition coefficient (Wildman–Crippen LogP) is 0.716. The molecule has 0 aromatic carbocycles. The van der Waals surface area contributed by atoms with Crippen LogP contribution >= 0.6 is 0 Å². The van der Waals surface area contributed by atoms with E-state index in [1.54, 1.807) is 19.9 Å². The molecule has 0 aliphatic carbocycles. The summed E-state index contributed by atoms with van der Waals surface area (Å²) >= 11 is 0. The molecule has 1 rings (SSSR count). The first-order valence-electron chi connectivity index (χ1n) is 4.29. The van der Waals surface area contributed by atoms with Crippen LogP contribution in [0.25, 0.3) is 0 Å². The van der Waals surface area contributed by atoms with E-state index in [2.05, 4.69) is 10.5 Å². The second kappa shape index (κ2) is 4.23. The lowest BCUT2D eigenvalue weighted by Gasteiger charge is -2.21. The van der Waals surface area contributed by atoms with Crippen molar-refractivity contribution in [1.82, 2.24) is 10.5 Å². The van der Waals surface area contributed by atoms with E-state index in [1.807, 2.05) is 0 Å². The molecule has 1 amide bonds. The van der Waals surface area contributed by atoms with Crippen molar-refractivity contribution in [3.8, 4) is 0 Å². The minimum Gasteiger partial charge on any atom is -0.369 e. The first-order valence-corrected chi connectivity index (χ1v) is 4.29. The zero-order valence-corrected chi connectivity index (χ0v) is 8.53. The third-order valence-corrected chi connectivity index (χ3v) is 1.97. The molecular weight excluding hydrogens is 184 g/mol. The molecule has 1 N–H and O–H groups in total. The van der Waals surface area contributed by atoms with E-state index in [9.17, 15) is 4.79 Å². The highest BCUT2D eigenvalue weighted by Crippen LogP contribution is 2.07. The van der Waals surface area contributed by atoms with E-state index in [-0.39, 0.29) is 5.91 Å². The van der Waals surface area contributed by atoms with E-state index >= 15 is 0 Å². The van der Waals surface area contributed by atoms with Crippen molar-refractivity contribution in [1.29, 1.82) is 0 Å². The molecule has 0 aliphatic heterocycles. The molecule has 0 atom stereocenters. The maximum atomic E-state index is 11.5. The van der Waals surface area contributed by atoms with E-state index < -0.39 is 5.60 Å². The van der Waals surface area contributed by atoms with Gasteiger partial charge >= 0.3 is 0 Å². The van der Waals surface area contributed by atoms with Crippen molar-refractivity contribution >= 4 is 5.91 Å². The van der Waals surface area contributed by atoms with Gasteiger partial charge in [-0.15, -0.1) is 0 Å². The van der Waals surface area contributed by atoms with Gasteiger partial charge in [-0.25, -0.2) is 0 Å². The molecule has 1 aromatic heterocycles. The van der Waals surface area contributed by atoms with Crippen LogP contribution in [0.3, 0.4) is 0 Å². The topological polar surface area (TPSA) is 64.4 Å². The molecule has 0 bridgehead atoms. The van der Waals surface area contributed by atoms with Crippen molar-refractivity contribution in [2.75, 3.05) is 7.11 Å². The smallest absolute Gasteiger partial charge is 0.252 e. The third-order valence-electron chi connectivity index (χ3n) is 1.97. The average Bonchev–Trinajstić information content (AvgIpc) is 2.66. The maximum absolute atomic E-state index is 11.5. The lowest BCUT2D eigenvalue weighted by atomic mass is 10.1.